The Bertz CT molecular complexity index is 1070. The van der Waals surface area contributed by atoms with E-state index in [1.165, 1.54) is 19.3 Å². The molecule has 0 aromatic heterocycles. The second-order valence-electron chi connectivity index (χ2n) is 14.1. The first-order valence-corrected chi connectivity index (χ1v) is 16.7. The van der Waals surface area contributed by atoms with Gasteiger partial charge in [-0.2, -0.15) is 0 Å². The summed E-state index contributed by atoms with van der Waals surface area (Å²) in [6.45, 7) is 10.3. The molecule has 234 valence electrons. The van der Waals surface area contributed by atoms with Gasteiger partial charge in [-0.1, -0.05) is 49.9 Å². The molecule has 0 unspecified atom stereocenters. The van der Waals surface area contributed by atoms with Crippen LogP contribution in [-0.4, -0.2) is 71.8 Å². The maximum Gasteiger partial charge on any atom is 0.245 e. The Balaban J connectivity index is 1.52. The Morgan fingerprint density at radius 3 is 2.21 bits per heavy atom. The van der Waals surface area contributed by atoms with Crippen molar-refractivity contribution in [2.24, 2.45) is 17.3 Å². The van der Waals surface area contributed by atoms with Gasteiger partial charge in [-0.3, -0.25) is 14.4 Å². The minimum absolute atomic E-state index is 0.0289. The van der Waals surface area contributed by atoms with Gasteiger partial charge in [0, 0.05) is 36.1 Å². The van der Waals surface area contributed by atoms with Crippen molar-refractivity contribution < 1.29 is 14.4 Å². The van der Waals surface area contributed by atoms with Crippen LogP contribution >= 0.6 is 11.6 Å². The van der Waals surface area contributed by atoms with Crippen molar-refractivity contribution in [2.45, 2.75) is 116 Å². The van der Waals surface area contributed by atoms with Gasteiger partial charge in [-0.05, 0) is 103 Å². The van der Waals surface area contributed by atoms with Gasteiger partial charge >= 0.3 is 0 Å². The van der Waals surface area contributed by atoms with Gasteiger partial charge in [-0.15, -0.1) is 0 Å². The zero-order chi connectivity index (χ0) is 30.5. The lowest BCUT2D eigenvalue weighted by Crippen LogP contribution is -2.59. The van der Waals surface area contributed by atoms with Gasteiger partial charge in [0.25, 0.3) is 0 Å². The quantitative estimate of drug-likeness (QED) is 0.407. The van der Waals surface area contributed by atoms with E-state index < -0.39 is 11.5 Å². The molecule has 3 atom stereocenters. The van der Waals surface area contributed by atoms with Crippen molar-refractivity contribution in [3.05, 3.63) is 34.9 Å². The maximum atomic E-state index is 14.2. The number of piperidine rings is 2. The summed E-state index contributed by atoms with van der Waals surface area (Å²) in [4.78, 5) is 45.9. The maximum absolute atomic E-state index is 14.2. The van der Waals surface area contributed by atoms with Gasteiger partial charge in [-0.25, -0.2) is 0 Å². The first kappa shape index (κ1) is 32.8. The third kappa shape index (κ3) is 7.88. The van der Waals surface area contributed by atoms with Gasteiger partial charge < -0.3 is 20.4 Å². The molecule has 4 rings (SSSR count). The molecule has 2 saturated heterocycles. The standard InChI is InChI=1S/C34H53ClN4O3/c1-6-29-27(13-10-20-38(29)5)30(40)36-28(23-24-14-16-26(35)17-15-24)31(41)39-21-18-34(19-22-39,25-11-8-7-9-12-25)32(42)37-33(2,3)4/h14-17,25,27-29H,6-13,18-23H2,1-5H3,(H,36,40)(H,37,42)/t27-,28-,29-/m1/s1. The smallest absolute Gasteiger partial charge is 0.245 e. The number of likely N-dealkylation sites (tertiary alicyclic amines) is 2. The fraction of sp³-hybridized carbons (Fsp3) is 0.735. The Morgan fingerprint density at radius 1 is 0.976 bits per heavy atom. The minimum atomic E-state index is -0.658. The molecule has 1 aliphatic carbocycles. The monoisotopic (exact) mass is 600 g/mol. The van der Waals surface area contributed by atoms with E-state index in [-0.39, 0.29) is 35.2 Å². The largest absolute Gasteiger partial charge is 0.351 e. The number of amides is 3. The number of halogens is 1. The molecule has 0 bridgehead atoms. The van der Waals surface area contributed by atoms with Gasteiger partial charge in [0.2, 0.25) is 17.7 Å². The van der Waals surface area contributed by atoms with Crippen LogP contribution in [0.25, 0.3) is 0 Å². The number of nitrogens with one attached hydrogen (secondary N) is 2. The highest BCUT2D eigenvalue weighted by Gasteiger charge is 2.49. The molecule has 7 nitrogen and oxygen atoms in total. The van der Waals surface area contributed by atoms with Crippen molar-refractivity contribution >= 4 is 29.3 Å². The summed E-state index contributed by atoms with van der Waals surface area (Å²) < 4.78 is 0. The van der Waals surface area contributed by atoms with Crippen LogP contribution in [0.1, 0.15) is 97.5 Å². The van der Waals surface area contributed by atoms with E-state index in [9.17, 15) is 14.4 Å². The van der Waals surface area contributed by atoms with Gasteiger partial charge in [0.15, 0.2) is 0 Å². The van der Waals surface area contributed by atoms with Crippen LogP contribution in [0.2, 0.25) is 5.02 Å². The second-order valence-corrected chi connectivity index (χ2v) is 14.6. The summed E-state index contributed by atoms with van der Waals surface area (Å²) in [5, 5.41) is 7.14. The number of carbonyl (C=O) groups excluding carboxylic acids is 3. The predicted octanol–water partition coefficient (Wildman–Crippen LogP) is 5.59. The van der Waals surface area contributed by atoms with Crippen LogP contribution in [0.3, 0.4) is 0 Å². The molecule has 8 heteroatoms. The van der Waals surface area contributed by atoms with Gasteiger partial charge in [0.05, 0.1) is 11.3 Å². The Labute approximate surface area is 258 Å². The predicted molar refractivity (Wildman–Crippen MR) is 169 cm³/mol. The summed E-state index contributed by atoms with van der Waals surface area (Å²) >= 11 is 6.14. The third-order valence-corrected chi connectivity index (χ3v) is 10.3. The van der Waals surface area contributed by atoms with E-state index in [4.69, 9.17) is 11.6 Å². The van der Waals surface area contributed by atoms with Gasteiger partial charge in [0.1, 0.15) is 6.04 Å². The number of hydrogen-bond acceptors (Lipinski definition) is 4. The van der Waals surface area contributed by atoms with Crippen LogP contribution in [0.5, 0.6) is 0 Å². The summed E-state index contributed by atoms with van der Waals surface area (Å²) in [5.41, 5.74) is 0.216. The molecule has 3 amide bonds. The number of carbonyl (C=O) groups is 3. The first-order valence-electron chi connectivity index (χ1n) is 16.3. The van der Waals surface area contributed by atoms with E-state index >= 15 is 0 Å². The number of hydrogen-bond donors (Lipinski definition) is 2. The van der Waals surface area contributed by atoms with E-state index in [1.807, 2.05) is 49.9 Å². The fourth-order valence-corrected chi connectivity index (χ4v) is 7.88. The Kier molecular flexibility index (Phi) is 11.0. The highest BCUT2D eigenvalue weighted by Crippen LogP contribution is 2.46. The molecule has 2 aliphatic heterocycles. The zero-order valence-electron chi connectivity index (χ0n) is 26.5. The van der Waals surface area contributed by atoms with Crippen LogP contribution in [0, 0.1) is 17.3 Å². The molecule has 1 aromatic rings. The molecule has 42 heavy (non-hydrogen) atoms. The molecule has 3 aliphatic rings. The summed E-state index contributed by atoms with van der Waals surface area (Å²) in [6, 6.07) is 7.04. The van der Waals surface area contributed by atoms with Crippen molar-refractivity contribution in [2.75, 3.05) is 26.7 Å². The SMILES string of the molecule is CC[C@@H]1[C@H](C(=O)N[C@H](Cc2ccc(Cl)cc2)C(=O)N2CCC(C(=O)NC(C)(C)C)(C3CCCCC3)CC2)CCCN1C. The normalized spacial score (nSPS) is 24.6. The molecule has 0 spiro atoms. The number of rotatable bonds is 8. The fourth-order valence-electron chi connectivity index (χ4n) is 7.75. The lowest BCUT2D eigenvalue weighted by atomic mass is 9.63. The van der Waals surface area contributed by atoms with E-state index in [0.29, 0.717) is 43.3 Å². The molecule has 0 radical (unpaired) electrons. The minimum Gasteiger partial charge on any atom is -0.351 e. The molecular weight excluding hydrogens is 548 g/mol. The highest BCUT2D eigenvalue weighted by molar-refractivity contribution is 6.30. The third-order valence-electron chi connectivity index (χ3n) is 10.1. The molecule has 1 saturated carbocycles. The van der Waals surface area contributed by atoms with E-state index in [1.54, 1.807) is 0 Å². The Hall–Kier alpha value is -2.12. The first-order chi connectivity index (χ1) is 19.9. The summed E-state index contributed by atoms with van der Waals surface area (Å²) in [6.07, 6.45) is 10.2. The average Bonchev–Trinajstić information content (AvgIpc) is 2.97. The molecule has 2 heterocycles. The second kappa shape index (κ2) is 14.1. The summed E-state index contributed by atoms with van der Waals surface area (Å²) in [5.74, 6) is 0.287. The molecule has 3 fully saturated rings. The van der Waals surface area contributed by atoms with Crippen LogP contribution in [0.4, 0.5) is 0 Å². The van der Waals surface area contributed by atoms with Crippen molar-refractivity contribution in [1.82, 2.24) is 20.4 Å². The zero-order valence-corrected chi connectivity index (χ0v) is 27.3. The van der Waals surface area contributed by atoms with Crippen LogP contribution < -0.4 is 10.6 Å². The molecule has 1 aromatic carbocycles. The number of benzene rings is 1. The van der Waals surface area contributed by atoms with Crippen molar-refractivity contribution in [1.29, 1.82) is 0 Å². The lowest BCUT2D eigenvalue weighted by molar-refractivity contribution is -0.147. The van der Waals surface area contributed by atoms with E-state index in [2.05, 4.69) is 29.5 Å². The Morgan fingerprint density at radius 2 is 1.62 bits per heavy atom. The van der Waals surface area contributed by atoms with Crippen LogP contribution in [-0.2, 0) is 20.8 Å². The van der Waals surface area contributed by atoms with Crippen molar-refractivity contribution in [3.63, 3.8) is 0 Å². The summed E-state index contributed by atoms with van der Waals surface area (Å²) in [7, 11) is 2.09. The van der Waals surface area contributed by atoms with Crippen LogP contribution in [0.15, 0.2) is 24.3 Å². The molecular formula is C34H53ClN4O3. The molecule has 2 N–H and O–H groups in total. The van der Waals surface area contributed by atoms with E-state index in [0.717, 1.165) is 44.2 Å². The topological polar surface area (TPSA) is 81.8 Å². The number of nitrogens with zero attached hydrogens (tertiary/aromatic N) is 2. The van der Waals surface area contributed by atoms with Crippen molar-refractivity contribution in [3.8, 4) is 0 Å². The average molecular weight is 601 g/mol. The highest BCUT2D eigenvalue weighted by atomic mass is 35.5. The lowest BCUT2D eigenvalue weighted by Gasteiger charge is -2.48.